The first-order valence-corrected chi connectivity index (χ1v) is 9.01. The molecule has 2 heterocycles. The van der Waals surface area contributed by atoms with Gasteiger partial charge in [-0.05, 0) is 31.2 Å². The van der Waals surface area contributed by atoms with Crippen LogP contribution in [0.4, 0.5) is 0 Å². The first kappa shape index (κ1) is 17.9. The molecule has 2 aromatic carbocycles. The van der Waals surface area contributed by atoms with Gasteiger partial charge in [-0.3, -0.25) is 4.79 Å². The molecule has 0 spiro atoms. The van der Waals surface area contributed by atoms with Crippen molar-refractivity contribution in [3.63, 3.8) is 0 Å². The number of aromatic nitrogens is 3. The summed E-state index contributed by atoms with van der Waals surface area (Å²) in [4.78, 5) is 16.7. The van der Waals surface area contributed by atoms with E-state index in [1.807, 2.05) is 67.6 Å². The first-order valence-electron chi connectivity index (χ1n) is 8.63. The van der Waals surface area contributed by atoms with Crippen LogP contribution in [0.15, 0.2) is 71.8 Å². The maximum Gasteiger partial charge on any atom is 0.289 e. The number of aryl methyl sites for hydroxylation is 1. The highest BCUT2D eigenvalue weighted by molar-refractivity contribution is 6.32. The van der Waals surface area contributed by atoms with E-state index in [9.17, 15) is 4.79 Å². The summed E-state index contributed by atoms with van der Waals surface area (Å²) in [5, 5.41) is 9.86. The van der Waals surface area contributed by atoms with E-state index in [0.717, 1.165) is 16.6 Å². The van der Waals surface area contributed by atoms with Gasteiger partial charge in [0.05, 0.1) is 28.7 Å². The molecule has 0 atom stereocenters. The van der Waals surface area contributed by atoms with Crippen LogP contribution in [0.2, 0.25) is 5.15 Å². The van der Waals surface area contributed by atoms with Crippen molar-refractivity contribution in [3.8, 4) is 5.69 Å². The van der Waals surface area contributed by atoms with Gasteiger partial charge in [-0.25, -0.2) is 15.1 Å². The van der Waals surface area contributed by atoms with Crippen molar-refractivity contribution in [2.75, 3.05) is 0 Å². The van der Waals surface area contributed by atoms with Crippen LogP contribution in [0.1, 0.15) is 21.7 Å². The fourth-order valence-corrected chi connectivity index (χ4v) is 3.12. The summed E-state index contributed by atoms with van der Waals surface area (Å²) in [6.45, 7) is 1.83. The number of pyridine rings is 1. The Hall–Kier alpha value is -3.51. The van der Waals surface area contributed by atoms with Crippen LogP contribution >= 0.6 is 11.6 Å². The molecule has 0 saturated carbocycles. The van der Waals surface area contributed by atoms with E-state index in [1.165, 1.54) is 6.21 Å². The number of carbonyl (C=O) groups is 1. The zero-order valence-electron chi connectivity index (χ0n) is 15.0. The average molecular weight is 390 g/mol. The van der Waals surface area contributed by atoms with E-state index in [-0.39, 0.29) is 0 Å². The minimum atomic E-state index is -0.397. The monoisotopic (exact) mass is 389 g/mol. The number of halogens is 1. The van der Waals surface area contributed by atoms with E-state index in [1.54, 1.807) is 10.7 Å². The minimum Gasteiger partial charge on any atom is -0.266 e. The average Bonchev–Trinajstić information content (AvgIpc) is 3.02. The first-order chi connectivity index (χ1) is 13.6. The number of hydrazone groups is 1. The molecule has 0 bridgehead atoms. The summed E-state index contributed by atoms with van der Waals surface area (Å²) < 4.78 is 1.63. The van der Waals surface area contributed by atoms with Crippen molar-refractivity contribution in [2.24, 2.45) is 5.10 Å². The van der Waals surface area contributed by atoms with E-state index in [0.29, 0.717) is 22.1 Å². The second-order valence-electron chi connectivity index (χ2n) is 6.13. The van der Waals surface area contributed by atoms with E-state index in [4.69, 9.17) is 11.6 Å². The summed E-state index contributed by atoms with van der Waals surface area (Å²) in [6, 6.07) is 20.7. The number of nitrogens with one attached hydrogen (secondary N) is 1. The Balaban J connectivity index is 1.53. The fraction of sp³-hybridized carbons (Fsp3) is 0.0476. The summed E-state index contributed by atoms with van der Waals surface area (Å²) in [5.74, 6) is -0.397. The van der Waals surface area contributed by atoms with Gasteiger partial charge in [-0.2, -0.15) is 10.2 Å². The Kier molecular flexibility index (Phi) is 4.87. The zero-order chi connectivity index (χ0) is 19.5. The van der Waals surface area contributed by atoms with Crippen molar-refractivity contribution < 1.29 is 4.79 Å². The van der Waals surface area contributed by atoms with Crippen LogP contribution in [0.3, 0.4) is 0 Å². The zero-order valence-corrected chi connectivity index (χ0v) is 15.8. The summed E-state index contributed by atoms with van der Waals surface area (Å²) in [5.41, 5.74) is 5.72. The molecule has 138 valence electrons. The van der Waals surface area contributed by atoms with Gasteiger partial charge < -0.3 is 0 Å². The Morgan fingerprint density at radius 3 is 2.64 bits per heavy atom. The van der Waals surface area contributed by atoms with Gasteiger partial charge in [0.25, 0.3) is 5.91 Å². The van der Waals surface area contributed by atoms with Crippen LogP contribution in [-0.4, -0.2) is 26.9 Å². The quantitative estimate of drug-likeness (QED) is 0.421. The highest BCUT2D eigenvalue weighted by Gasteiger charge is 2.13. The lowest BCUT2D eigenvalue weighted by atomic mass is 10.2. The molecule has 0 unspecified atom stereocenters. The lowest BCUT2D eigenvalue weighted by Gasteiger charge is -2.02. The maximum absolute atomic E-state index is 12.3. The largest absolute Gasteiger partial charge is 0.289 e. The van der Waals surface area contributed by atoms with Crippen molar-refractivity contribution in [1.29, 1.82) is 0 Å². The number of carbonyl (C=O) groups excluding carboxylic acids is 1. The molecule has 4 rings (SSSR count). The van der Waals surface area contributed by atoms with Gasteiger partial charge in [-0.15, -0.1) is 0 Å². The van der Waals surface area contributed by atoms with Crippen LogP contribution < -0.4 is 5.43 Å². The molecule has 0 radical (unpaired) electrons. The van der Waals surface area contributed by atoms with Crippen molar-refractivity contribution in [2.45, 2.75) is 6.92 Å². The molecule has 0 aliphatic heterocycles. The van der Waals surface area contributed by atoms with Crippen molar-refractivity contribution in [3.05, 3.63) is 88.8 Å². The normalized spacial score (nSPS) is 11.2. The number of rotatable bonds is 4. The second-order valence-corrected chi connectivity index (χ2v) is 6.48. The van der Waals surface area contributed by atoms with Gasteiger partial charge in [-0.1, -0.05) is 54.1 Å². The Morgan fingerprint density at radius 2 is 1.82 bits per heavy atom. The molecule has 4 aromatic rings. The van der Waals surface area contributed by atoms with Gasteiger partial charge in [0, 0.05) is 5.39 Å². The molecule has 7 heteroatoms. The number of hydrogen-bond acceptors (Lipinski definition) is 4. The predicted molar refractivity (Wildman–Crippen MR) is 110 cm³/mol. The molecular weight excluding hydrogens is 374 g/mol. The molecule has 1 N–H and O–H groups in total. The third-order valence-corrected chi connectivity index (χ3v) is 4.60. The minimum absolute atomic E-state index is 0.290. The van der Waals surface area contributed by atoms with Crippen molar-refractivity contribution >= 4 is 34.6 Å². The summed E-state index contributed by atoms with van der Waals surface area (Å²) >= 11 is 6.45. The number of amides is 1. The smallest absolute Gasteiger partial charge is 0.266 e. The van der Waals surface area contributed by atoms with Crippen molar-refractivity contribution in [1.82, 2.24) is 20.2 Å². The Morgan fingerprint density at radius 1 is 1.07 bits per heavy atom. The van der Waals surface area contributed by atoms with E-state index >= 15 is 0 Å². The molecule has 1 amide bonds. The van der Waals surface area contributed by atoms with Crippen LogP contribution in [-0.2, 0) is 0 Å². The van der Waals surface area contributed by atoms with Gasteiger partial charge >= 0.3 is 0 Å². The van der Waals surface area contributed by atoms with E-state index < -0.39 is 5.91 Å². The summed E-state index contributed by atoms with van der Waals surface area (Å²) in [6.07, 6.45) is 1.49. The molecular formula is C21H16ClN5O. The van der Waals surface area contributed by atoms with E-state index in [2.05, 4.69) is 20.6 Å². The van der Waals surface area contributed by atoms with Gasteiger partial charge in [0.2, 0.25) is 0 Å². The molecule has 0 aliphatic carbocycles. The lowest BCUT2D eigenvalue weighted by Crippen LogP contribution is -2.19. The number of hydrogen-bond donors (Lipinski definition) is 1. The van der Waals surface area contributed by atoms with Gasteiger partial charge in [0.15, 0.2) is 0 Å². The summed E-state index contributed by atoms with van der Waals surface area (Å²) in [7, 11) is 0. The third-order valence-electron chi connectivity index (χ3n) is 4.24. The Labute approximate surface area is 166 Å². The Bertz CT molecular complexity index is 1180. The van der Waals surface area contributed by atoms with Crippen LogP contribution in [0, 0.1) is 6.92 Å². The predicted octanol–water partition coefficient (Wildman–Crippen LogP) is 4.15. The molecule has 28 heavy (non-hydrogen) atoms. The molecule has 0 aliphatic rings. The fourth-order valence-electron chi connectivity index (χ4n) is 2.80. The highest BCUT2D eigenvalue weighted by atomic mass is 35.5. The van der Waals surface area contributed by atoms with Crippen LogP contribution in [0.5, 0.6) is 0 Å². The molecule has 0 fully saturated rings. The molecule has 2 aromatic heterocycles. The highest BCUT2D eigenvalue weighted by Crippen LogP contribution is 2.21. The topological polar surface area (TPSA) is 72.2 Å². The molecule has 0 saturated heterocycles. The second kappa shape index (κ2) is 7.62. The lowest BCUT2D eigenvalue weighted by molar-refractivity contribution is 0.0950. The molecule has 6 nitrogen and oxygen atoms in total. The third kappa shape index (κ3) is 3.50. The SMILES string of the molecule is Cc1nn(-c2ccccc2)c(Cl)c1/C=N\NC(=O)c1ccc2ccccc2n1. The number of para-hydroxylation sites is 2. The van der Waals surface area contributed by atoms with Gasteiger partial charge in [0.1, 0.15) is 10.8 Å². The number of benzene rings is 2. The number of nitrogens with zero attached hydrogens (tertiary/aromatic N) is 4. The number of fused-ring (bicyclic) bond motifs is 1. The standard InChI is InChI=1S/C21H16ClN5O/c1-14-17(20(22)27(26-14)16-8-3-2-4-9-16)13-23-25-21(28)19-12-11-15-7-5-6-10-18(15)24-19/h2-13H,1H3,(H,25,28)/b23-13-. The van der Waals surface area contributed by atoms with Crippen LogP contribution in [0.25, 0.3) is 16.6 Å². The maximum atomic E-state index is 12.3.